The Labute approximate surface area is 193 Å². The Morgan fingerprint density at radius 1 is 0.939 bits per heavy atom. The molecule has 33 heavy (non-hydrogen) atoms. The summed E-state index contributed by atoms with van der Waals surface area (Å²) in [4.78, 5) is 32.3. The first kappa shape index (κ1) is 22.0. The predicted octanol–water partition coefficient (Wildman–Crippen LogP) is 5.77. The topological polar surface area (TPSA) is 64.4 Å². The lowest BCUT2D eigenvalue weighted by molar-refractivity contribution is 0.0960. The number of imidazole rings is 1. The average Bonchev–Trinajstić information content (AvgIpc) is 3.36. The molecule has 0 aliphatic rings. The molecule has 0 bridgehead atoms. The van der Waals surface area contributed by atoms with Crippen molar-refractivity contribution in [3.8, 4) is 5.69 Å². The minimum atomic E-state index is -0.574. The molecule has 0 spiro atoms. The van der Waals surface area contributed by atoms with Crippen LogP contribution in [-0.4, -0.2) is 28.5 Å². The molecule has 0 fully saturated rings. The summed E-state index contributed by atoms with van der Waals surface area (Å²) < 4.78 is 6.88. The Morgan fingerprint density at radius 2 is 1.58 bits per heavy atom. The molecule has 166 valence electrons. The van der Waals surface area contributed by atoms with Crippen LogP contribution in [0.5, 0.6) is 0 Å². The maximum atomic E-state index is 13.5. The van der Waals surface area contributed by atoms with Crippen LogP contribution in [0.2, 0.25) is 0 Å². The quantitative estimate of drug-likeness (QED) is 0.343. The first-order valence-electron chi connectivity index (χ1n) is 10.7. The molecule has 0 saturated heterocycles. The smallest absolute Gasteiger partial charge is 0.414 e. The average molecular weight is 440 g/mol. The maximum absolute atomic E-state index is 13.5. The molecule has 1 unspecified atom stereocenters. The van der Waals surface area contributed by atoms with Crippen molar-refractivity contribution >= 4 is 17.6 Å². The van der Waals surface area contributed by atoms with Crippen molar-refractivity contribution < 1.29 is 14.3 Å². The molecular formula is C27H25N3O3. The van der Waals surface area contributed by atoms with E-state index in [1.165, 1.54) is 12.0 Å². The second-order valence-electron chi connectivity index (χ2n) is 7.69. The third-order valence-corrected chi connectivity index (χ3v) is 5.48. The fourth-order valence-corrected chi connectivity index (χ4v) is 3.82. The van der Waals surface area contributed by atoms with Gasteiger partial charge in [-0.1, -0.05) is 66.2 Å². The number of amides is 1. The fourth-order valence-electron chi connectivity index (χ4n) is 3.82. The molecule has 1 aromatic heterocycles. The largest absolute Gasteiger partial charge is 0.452 e. The molecule has 6 heteroatoms. The van der Waals surface area contributed by atoms with Gasteiger partial charge in [-0.05, 0) is 36.8 Å². The van der Waals surface area contributed by atoms with E-state index in [2.05, 4.69) is 4.98 Å². The van der Waals surface area contributed by atoms with Crippen LogP contribution in [-0.2, 0) is 4.74 Å². The monoisotopic (exact) mass is 439 g/mol. The van der Waals surface area contributed by atoms with Gasteiger partial charge in [-0.2, -0.15) is 0 Å². The summed E-state index contributed by atoms with van der Waals surface area (Å²) in [6.07, 6.45) is 2.87. The number of aryl methyl sites for hydroxylation is 1. The third kappa shape index (κ3) is 4.85. The number of carbonyl (C=O) groups is 2. The highest BCUT2D eigenvalue weighted by molar-refractivity contribution is 5.96. The van der Waals surface area contributed by atoms with Gasteiger partial charge < -0.3 is 4.74 Å². The Kier molecular flexibility index (Phi) is 6.64. The number of benzene rings is 3. The number of nitrogens with zero attached hydrogens (tertiary/aromatic N) is 3. The Bertz CT molecular complexity index is 1220. The summed E-state index contributed by atoms with van der Waals surface area (Å²) in [5.74, 6) is 0.134. The number of anilines is 1. The molecule has 1 atom stereocenters. The zero-order chi connectivity index (χ0) is 23.2. The van der Waals surface area contributed by atoms with E-state index in [4.69, 9.17) is 4.74 Å². The number of hydrogen-bond acceptors (Lipinski definition) is 4. The van der Waals surface area contributed by atoms with Crippen LogP contribution in [0.1, 0.15) is 34.2 Å². The van der Waals surface area contributed by atoms with Gasteiger partial charge >= 0.3 is 6.09 Å². The summed E-state index contributed by atoms with van der Waals surface area (Å²) in [6, 6.07) is 26.1. The molecule has 4 rings (SSSR count). The normalized spacial score (nSPS) is 11.6. The van der Waals surface area contributed by atoms with Gasteiger partial charge in [0, 0.05) is 30.2 Å². The summed E-state index contributed by atoms with van der Waals surface area (Å²) >= 11 is 0. The SMILES string of the molecule is COC(=O)N(c1ccc(C)cc1)C(CC(=O)c1nccn1-c1ccccc1)c1ccccc1. The predicted molar refractivity (Wildman–Crippen MR) is 128 cm³/mol. The Balaban J connectivity index is 1.74. The van der Waals surface area contributed by atoms with Gasteiger partial charge in [0.1, 0.15) is 0 Å². The molecule has 1 heterocycles. The van der Waals surface area contributed by atoms with Crippen molar-refractivity contribution in [1.29, 1.82) is 0 Å². The minimum absolute atomic E-state index is 0.0385. The van der Waals surface area contributed by atoms with Gasteiger partial charge in [0.25, 0.3) is 0 Å². The number of Topliss-reactive ketones (excluding diaryl/α,β-unsaturated/α-hetero) is 1. The number of rotatable bonds is 7. The number of ether oxygens (including phenoxy) is 1. The standard InChI is InChI=1S/C27H25N3O3/c1-20-13-15-23(16-14-20)30(27(32)33-2)24(21-9-5-3-6-10-21)19-25(31)26-28-17-18-29(26)22-11-7-4-8-12-22/h3-18,24H,19H2,1-2H3. The maximum Gasteiger partial charge on any atom is 0.414 e. The van der Waals surface area contributed by atoms with Gasteiger partial charge in [-0.15, -0.1) is 0 Å². The van der Waals surface area contributed by atoms with Gasteiger partial charge in [-0.25, -0.2) is 9.78 Å². The van der Waals surface area contributed by atoms with E-state index in [-0.39, 0.29) is 12.2 Å². The van der Waals surface area contributed by atoms with Gasteiger partial charge in [0.05, 0.1) is 13.2 Å². The lowest BCUT2D eigenvalue weighted by Gasteiger charge is -2.31. The van der Waals surface area contributed by atoms with Crippen LogP contribution in [0.15, 0.2) is 97.3 Å². The van der Waals surface area contributed by atoms with E-state index in [1.807, 2.05) is 91.9 Å². The van der Waals surface area contributed by atoms with Gasteiger partial charge in [0.15, 0.2) is 5.82 Å². The lowest BCUT2D eigenvalue weighted by atomic mass is 9.98. The number of hydrogen-bond donors (Lipinski definition) is 0. The molecule has 4 aromatic rings. The summed E-state index contributed by atoms with van der Waals surface area (Å²) in [5.41, 5.74) is 3.40. The van der Waals surface area contributed by atoms with E-state index in [0.717, 1.165) is 16.8 Å². The lowest BCUT2D eigenvalue weighted by Crippen LogP contribution is -2.36. The van der Waals surface area contributed by atoms with E-state index in [0.29, 0.717) is 11.5 Å². The Morgan fingerprint density at radius 3 is 2.21 bits per heavy atom. The minimum Gasteiger partial charge on any atom is -0.452 e. The summed E-state index contributed by atoms with van der Waals surface area (Å²) in [5, 5.41) is 0. The molecule has 3 aromatic carbocycles. The van der Waals surface area contributed by atoms with E-state index >= 15 is 0 Å². The molecule has 0 N–H and O–H groups in total. The van der Waals surface area contributed by atoms with Crippen molar-refractivity contribution in [3.05, 3.63) is 114 Å². The number of methoxy groups -OCH3 is 1. The van der Waals surface area contributed by atoms with Crippen LogP contribution >= 0.6 is 0 Å². The Hall–Kier alpha value is -4.19. The number of carbonyl (C=O) groups excluding carboxylic acids is 2. The van der Waals surface area contributed by atoms with Crippen molar-refractivity contribution in [2.45, 2.75) is 19.4 Å². The van der Waals surface area contributed by atoms with Crippen LogP contribution in [0.3, 0.4) is 0 Å². The highest BCUT2D eigenvalue weighted by atomic mass is 16.5. The van der Waals surface area contributed by atoms with E-state index in [9.17, 15) is 9.59 Å². The molecule has 0 aliphatic carbocycles. The van der Waals surface area contributed by atoms with Crippen LogP contribution in [0.25, 0.3) is 5.69 Å². The fraction of sp³-hybridized carbons (Fsp3) is 0.148. The zero-order valence-electron chi connectivity index (χ0n) is 18.6. The van der Waals surface area contributed by atoms with E-state index in [1.54, 1.807) is 17.0 Å². The third-order valence-electron chi connectivity index (χ3n) is 5.48. The van der Waals surface area contributed by atoms with Crippen LogP contribution < -0.4 is 4.90 Å². The molecular weight excluding hydrogens is 414 g/mol. The van der Waals surface area contributed by atoms with Crippen molar-refractivity contribution in [1.82, 2.24) is 9.55 Å². The molecule has 0 radical (unpaired) electrons. The second kappa shape index (κ2) is 9.96. The highest BCUT2D eigenvalue weighted by Crippen LogP contribution is 2.32. The summed E-state index contributed by atoms with van der Waals surface area (Å²) in [6.45, 7) is 1.98. The number of ketones is 1. The molecule has 0 aliphatic heterocycles. The van der Waals surface area contributed by atoms with Crippen molar-refractivity contribution in [3.63, 3.8) is 0 Å². The second-order valence-corrected chi connectivity index (χ2v) is 7.69. The van der Waals surface area contributed by atoms with Crippen molar-refractivity contribution in [2.75, 3.05) is 12.0 Å². The van der Waals surface area contributed by atoms with Crippen LogP contribution in [0, 0.1) is 6.92 Å². The zero-order valence-corrected chi connectivity index (χ0v) is 18.6. The molecule has 1 amide bonds. The molecule has 0 saturated carbocycles. The van der Waals surface area contributed by atoms with Crippen molar-refractivity contribution in [2.24, 2.45) is 0 Å². The van der Waals surface area contributed by atoms with Gasteiger partial charge in [-0.3, -0.25) is 14.3 Å². The first-order valence-corrected chi connectivity index (χ1v) is 10.7. The number of para-hydroxylation sites is 1. The first-order chi connectivity index (χ1) is 16.1. The summed E-state index contributed by atoms with van der Waals surface area (Å²) in [7, 11) is 1.34. The van der Waals surface area contributed by atoms with E-state index < -0.39 is 12.1 Å². The molecule has 6 nitrogen and oxygen atoms in total. The highest BCUT2D eigenvalue weighted by Gasteiger charge is 2.31. The van der Waals surface area contributed by atoms with Gasteiger partial charge in [0.2, 0.25) is 5.78 Å². The number of aromatic nitrogens is 2. The van der Waals surface area contributed by atoms with Crippen LogP contribution in [0.4, 0.5) is 10.5 Å².